The van der Waals surface area contributed by atoms with E-state index >= 15 is 0 Å². The SMILES string of the molecule is C=Cc1cccc(N2CCN(c3nccc(B(O)O)c3CC)C2=O)c1.CN. The fourth-order valence-corrected chi connectivity index (χ4v) is 3.13. The van der Waals surface area contributed by atoms with Gasteiger partial charge in [0.25, 0.3) is 0 Å². The molecule has 0 atom stereocenters. The highest BCUT2D eigenvalue weighted by atomic mass is 16.4. The van der Waals surface area contributed by atoms with Gasteiger partial charge in [-0.25, -0.2) is 9.78 Å². The lowest BCUT2D eigenvalue weighted by Crippen LogP contribution is -2.38. The highest BCUT2D eigenvalue weighted by molar-refractivity contribution is 6.59. The minimum Gasteiger partial charge on any atom is -0.423 e. The highest BCUT2D eigenvalue weighted by Crippen LogP contribution is 2.26. The van der Waals surface area contributed by atoms with E-state index in [-0.39, 0.29) is 6.03 Å². The Kier molecular flexibility index (Phi) is 7.12. The van der Waals surface area contributed by atoms with Crippen molar-refractivity contribution in [3.8, 4) is 0 Å². The van der Waals surface area contributed by atoms with Crippen molar-refractivity contribution in [2.45, 2.75) is 13.3 Å². The van der Waals surface area contributed by atoms with Gasteiger partial charge in [-0.15, -0.1) is 0 Å². The highest BCUT2D eigenvalue weighted by Gasteiger charge is 2.33. The molecule has 0 saturated carbocycles. The lowest BCUT2D eigenvalue weighted by Gasteiger charge is -2.21. The van der Waals surface area contributed by atoms with Crippen molar-refractivity contribution >= 4 is 36.2 Å². The maximum absolute atomic E-state index is 12.9. The van der Waals surface area contributed by atoms with Crippen LogP contribution in [-0.2, 0) is 6.42 Å². The van der Waals surface area contributed by atoms with Crippen molar-refractivity contribution in [2.75, 3.05) is 29.9 Å². The summed E-state index contributed by atoms with van der Waals surface area (Å²) in [6.07, 6.45) is 3.79. The number of rotatable bonds is 5. The maximum atomic E-state index is 12.9. The molecule has 0 spiro atoms. The van der Waals surface area contributed by atoms with E-state index in [0.717, 1.165) is 11.3 Å². The molecule has 1 aliphatic heterocycles. The molecule has 27 heavy (non-hydrogen) atoms. The Morgan fingerprint density at radius 1 is 1.26 bits per heavy atom. The topological polar surface area (TPSA) is 103 Å². The summed E-state index contributed by atoms with van der Waals surface area (Å²) in [4.78, 5) is 20.5. The quantitative estimate of drug-likeness (QED) is 0.683. The van der Waals surface area contributed by atoms with Crippen LogP contribution in [0, 0.1) is 0 Å². The number of pyridine rings is 1. The second kappa shape index (κ2) is 9.32. The number of anilines is 2. The number of amides is 2. The largest absolute Gasteiger partial charge is 0.488 e. The molecule has 1 saturated heterocycles. The standard InChI is InChI=1S/C18H20BN3O3.CH5N/c1-3-13-6-5-7-14(12-13)21-10-11-22(18(21)23)17-15(4-2)16(19(24)25)8-9-20-17;1-2/h3,5-9,12,24-25H,1,4,10-11H2,2H3;2H2,1H3. The molecule has 0 aliphatic carbocycles. The second-order valence-corrected chi connectivity index (χ2v) is 5.81. The van der Waals surface area contributed by atoms with Gasteiger partial charge in [-0.1, -0.05) is 31.7 Å². The zero-order valence-corrected chi connectivity index (χ0v) is 15.7. The number of hydrogen-bond donors (Lipinski definition) is 3. The first-order valence-corrected chi connectivity index (χ1v) is 8.80. The normalized spacial score (nSPS) is 13.3. The van der Waals surface area contributed by atoms with Crippen molar-refractivity contribution < 1.29 is 14.8 Å². The minimum absolute atomic E-state index is 0.173. The number of nitrogens with two attached hydrogens (primary N) is 1. The summed E-state index contributed by atoms with van der Waals surface area (Å²) in [7, 11) is -0.0882. The molecule has 1 aliphatic rings. The van der Waals surface area contributed by atoms with Gasteiger partial charge in [0.05, 0.1) is 0 Å². The molecule has 0 radical (unpaired) electrons. The van der Waals surface area contributed by atoms with E-state index in [1.54, 1.807) is 21.9 Å². The third kappa shape index (κ3) is 4.19. The zero-order valence-electron chi connectivity index (χ0n) is 15.7. The molecule has 1 aromatic carbocycles. The second-order valence-electron chi connectivity index (χ2n) is 5.81. The van der Waals surface area contributed by atoms with Crippen molar-refractivity contribution in [1.29, 1.82) is 0 Å². The molecule has 2 heterocycles. The Labute approximate surface area is 159 Å². The lowest BCUT2D eigenvalue weighted by molar-refractivity contribution is 0.255. The average Bonchev–Trinajstić information content (AvgIpc) is 3.10. The zero-order chi connectivity index (χ0) is 20.0. The summed E-state index contributed by atoms with van der Waals surface area (Å²) in [5.41, 5.74) is 7.31. The number of hydrogen-bond acceptors (Lipinski definition) is 5. The molecule has 7 nitrogen and oxygen atoms in total. The van der Waals surface area contributed by atoms with E-state index in [2.05, 4.69) is 17.3 Å². The minimum atomic E-state index is -1.59. The van der Waals surface area contributed by atoms with E-state index < -0.39 is 7.12 Å². The third-order valence-corrected chi connectivity index (χ3v) is 4.38. The molecule has 142 valence electrons. The fourth-order valence-electron chi connectivity index (χ4n) is 3.13. The van der Waals surface area contributed by atoms with E-state index in [9.17, 15) is 14.8 Å². The molecular weight excluding hydrogens is 343 g/mol. The first-order chi connectivity index (χ1) is 13.1. The first-order valence-electron chi connectivity index (χ1n) is 8.80. The van der Waals surface area contributed by atoms with Gasteiger partial charge in [0.15, 0.2) is 0 Å². The Morgan fingerprint density at radius 2 is 1.96 bits per heavy atom. The van der Waals surface area contributed by atoms with Crippen molar-refractivity contribution in [3.05, 3.63) is 54.2 Å². The summed E-state index contributed by atoms with van der Waals surface area (Å²) >= 11 is 0. The summed E-state index contributed by atoms with van der Waals surface area (Å²) in [5.74, 6) is 0.487. The number of carbonyl (C=O) groups is 1. The van der Waals surface area contributed by atoms with Crippen LogP contribution in [-0.4, -0.2) is 48.3 Å². The van der Waals surface area contributed by atoms with E-state index in [4.69, 9.17) is 0 Å². The summed E-state index contributed by atoms with van der Waals surface area (Å²) < 4.78 is 0. The van der Waals surface area contributed by atoms with E-state index in [0.29, 0.717) is 36.4 Å². The summed E-state index contributed by atoms with van der Waals surface area (Å²) in [6, 6.07) is 9.01. The van der Waals surface area contributed by atoms with Gasteiger partial charge in [-0.05, 0) is 48.3 Å². The van der Waals surface area contributed by atoms with Crippen LogP contribution in [0.1, 0.15) is 18.1 Å². The number of urea groups is 1. The van der Waals surface area contributed by atoms with Gasteiger partial charge in [0.1, 0.15) is 5.82 Å². The van der Waals surface area contributed by atoms with Crippen molar-refractivity contribution in [3.63, 3.8) is 0 Å². The number of aromatic nitrogens is 1. The Hall–Kier alpha value is -2.68. The van der Waals surface area contributed by atoms with Crippen LogP contribution in [0.25, 0.3) is 6.08 Å². The number of carbonyl (C=O) groups excluding carboxylic acids is 1. The number of benzene rings is 1. The summed E-state index contributed by atoms with van der Waals surface area (Å²) in [5, 5.41) is 19.1. The molecule has 2 aromatic rings. The fraction of sp³-hybridized carbons (Fsp3) is 0.263. The molecule has 1 fully saturated rings. The van der Waals surface area contributed by atoms with Gasteiger partial charge in [0, 0.05) is 25.0 Å². The first kappa shape index (κ1) is 20.6. The average molecular weight is 368 g/mol. The van der Waals surface area contributed by atoms with Gasteiger partial charge >= 0.3 is 13.1 Å². The van der Waals surface area contributed by atoms with Crippen LogP contribution in [0.4, 0.5) is 16.3 Å². The molecular formula is C19H25BN4O3. The molecule has 3 rings (SSSR count). The van der Waals surface area contributed by atoms with Crippen LogP contribution in [0.2, 0.25) is 0 Å². The predicted molar refractivity (Wildman–Crippen MR) is 110 cm³/mol. The smallest absolute Gasteiger partial charge is 0.423 e. The predicted octanol–water partition coefficient (Wildman–Crippen LogP) is 0.988. The van der Waals surface area contributed by atoms with Crippen molar-refractivity contribution in [1.82, 2.24) is 4.98 Å². The monoisotopic (exact) mass is 368 g/mol. The molecule has 0 bridgehead atoms. The van der Waals surface area contributed by atoms with Crippen molar-refractivity contribution in [2.24, 2.45) is 5.73 Å². The van der Waals surface area contributed by atoms with Crippen LogP contribution in [0.15, 0.2) is 43.1 Å². The van der Waals surface area contributed by atoms with Crippen LogP contribution >= 0.6 is 0 Å². The van der Waals surface area contributed by atoms with Crippen LogP contribution in [0.3, 0.4) is 0 Å². The summed E-state index contributed by atoms with van der Waals surface area (Å²) in [6.45, 7) is 6.69. The molecule has 2 amide bonds. The van der Waals surface area contributed by atoms with Gasteiger partial charge in [-0.3, -0.25) is 9.80 Å². The molecule has 1 aromatic heterocycles. The van der Waals surface area contributed by atoms with Crippen LogP contribution < -0.4 is 21.0 Å². The van der Waals surface area contributed by atoms with Gasteiger partial charge < -0.3 is 15.8 Å². The van der Waals surface area contributed by atoms with Gasteiger partial charge in [0.2, 0.25) is 0 Å². The Bertz CT molecular complexity index is 813. The van der Waals surface area contributed by atoms with E-state index in [1.807, 2.05) is 31.2 Å². The Balaban J connectivity index is 0.00000126. The lowest BCUT2D eigenvalue weighted by atomic mass is 9.77. The molecule has 4 N–H and O–H groups in total. The van der Waals surface area contributed by atoms with Gasteiger partial charge in [-0.2, -0.15) is 0 Å². The van der Waals surface area contributed by atoms with Crippen LogP contribution in [0.5, 0.6) is 0 Å². The maximum Gasteiger partial charge on any atom is 0.488 e. The van der Waals surface area contributed by atoms with E-state index in [1.165, 1.54) is 13.2 Å². The molecule has 0 unspecified atom stereocenters. The number of nitrogens with zero attached hydrogens (tertiary/aromatic N) is 3. The Morgan fingerprint density at radius 3 is 2.59 bits per heavy atom. The molecule has 8 heteroatoms. The third-order valence-electron chi connectivity index (χ3n) is 4.38.